The average molecular weight is 503 g/mol. The zero-order valence-corrected chi connectivity index (χ0v) is 21.0. The van der Waals surface area contributed by atoms with Gasteiger partial charge in [0.1, 0.15) is 5.69 Å². The van der Waals surface area contributed by atoms with Crippen molar-refractivity contribution in [3.63, 3.8) is 0 Å². The van der Waals surface area contributed by atoms with Gasteiger partial charge in [0.25, 0.3) is 11.6 Å². The first-order valence-corrected chi connectivity index (χ1v) is 12.6. The van der Waals surface area contributed by atoms with Crippen molar-refractivity contribution in [2.24, 2.45) is 0 Å². The minimum Gasteiger partial charge on any atom is -0.378 e. The van der Waals surface area contributed by atoms with Crippen LogP contribution < -0.4 is 9.80 Å². The fourth-order valence-corrected chi connectivity index (χ4v) is 5.38. The number of nitrogens with zero attached hydrogens (tertiary/aromatic N) is 4. The molecular formula is C27H26N4O4S. The number of nitro benzene ring substituents is 1. The summed E-state index contributed by atoms with van der Waals surface area (Å²) in [6.45, 7) is 6.53. The molecule has 36 heavy (non-hydrogen) atoms. The van der Waals surface area contributed by atoms with E-state index in [1.165, 1.54) is 17.4 Å². The SMILES string of the molecule is Cc1ccc2sc(N(Cc3ccccc3)C(=O)c3ccc(N4CCOCC4)c([N+](=O)[O-])c3)nc2c1C. The predicted molar refractivity (Wildman–Crippen MR) is 142 cm³/mol. The average Bonchev–Trinajstić information content (AvgIpc) is 3.34. The molecule has 184 valence electrons. The van der Waals surface area contributed by atoms with Gasteiger partial charge in [-0.3, -0.25) is 19.8 Å². The number of anilines is 2. The molecule has 0 bridgehead atoms. The van der Waals surface area contributed by atoms with E-state index in [0.29, 0.717) is 43.7 Å². The molecular weight excluding hydrogens is 476 g/mol. The first-order valence-electron chi connectivity index (χ1n) is 11.8. The minimum absolute atomic E-state index is 0.0850. The Morgan fingerprint density at radius 1 is 1.11 bits per heavy atom. The number of aromatic nitrogens is 1. The van der Waals surface area contributed by atoms with Crippen LogP contribution in [-0.4, -0.2) is 42.1 Å². The summed E-state index contributed by atoms with van der Waals surface area (Å²) in [5, 5.41) is 12.5. The number of thiazole rings is 1. The Kier molecular flexibility index (Phi) is 6.67. The van der Waals surface area contributed by atoms with Crippen molar-refractivity contribution in [1.29, 1.82) is 0 Å². The van der Waals surface area contributed by atoms with Crippen LogP contribution in [0.15, 0.2) is 60.7 Å². The van der Waals surface area contributed by atoms with E-state index >= 15 is 0 Å². The van der Waals surface area contributed by atoms with Gasteiger partial charge in [-0.1, -0.05) is 47.7 Å². The molecule has 1 fully saturated rings. The smallest absolute Gasteiger partial charge is 0.293 e. The van der Waals surface area contributed by atoms with E-state index in [2.05, 4.69) is 6.07 Å². The molecule has 0 aliphatic carbocycles. The van der Waals surface area contributed by atoms with Crippen molar-refractivity contribution in [1.82, 2.24) is 4.98 Å². The molecule has 4 aromatic rings. The molecule has 3 aromatic carbocycles. The van der Waals surface area contributed by atoms with E-state index in [-0.39, 0.29) is 17.2 Å². The molecule has 5 rings (SSSR count). The van der Waals surface area contributed by atoms with Crippen molar-refractivity contribution in [2.45, 2.75) is 20.4 Å². The standard InChI is InChI=1S/C27H26N4O4S/c1-18-8-11-24-25(19(18)2)28-27(36-24)30(17-20-6-4-3-5-7-20)26(32)21-9-10-22(23(16-21)31(33)34)29-12-14-35-15-13-29/h3-11,16H,12-15,17H2,1-2H3. The number of ether oxygens (including phenoxy) is 1. The van der Waals surface area contributed by atoms with Crippen LogP contribution in [0.3, 0.4) is 0 Å². The molecule has 1 saturated heterocycles. The summed E-state index contributed by atoms with van der Waals surface area (Å²) in [6, 6.07) is 18.5. The molecule has 0 N–H and O–H groups in total. The van der Waals surface area contributed by atoms with Crippen LogP contribution in [0.2, 0.25) is 0 Å². The van der Waals surface area contributed by atoms with Crippen molar-refractivity contribution in [2.75, 3.05) is 36.1 Å². The second-order valence-corrected chi connectivity index (χ2v) is 9.80. The first-order chi connectivity index (χ1) is 17.4. The van der Waals surface area contributed by atoms with Crippen LogP contribution in [0.25, 0.3) is 10.2 Å². The van der Waals surface area contributed by atoms with Gasteiger partial charge in [-0.2, -0.15) is 0 Å². The molecule has 0 spiro atoms. The lowest BCUT2D eigenvalue weighted by Crippen LogP contribution is -2.36. The number of benzene rings is 3. The van der Waals surface area contributed by atoms with Gasteiger partial charge in [-0.15, -0.1) is 0 Å². The minimum atomic E-state index is -0.424. The Labute approximate surface area is 212 Å². The molecule has 0 unspecified atom stereocenters. The Hall–Kier alpha value is -3.82. The number of carbonyl (C=O) groups excluding carboxylic acids is 1. The summed E-state index contributed by atoms with van der Waals surface area (Å²) in [6.07, 6.45) is 0. The van der Waals surface area contributed by atoms with Crippen LogP contribution in [0, 0.1) is 24.0 Å². The van der Waals surface area contributed by atoms with Crippen molar-refractivity contribution in [3.8, 4) is 0 Å². The van der Waals surface area contributed by atoms with Gasteiger partial charge in [0.15, 0.2) is 5.13 Å². The van der Waals surface area contributed by atoms with Gasteiger partial charge in [-0.25, -0.2) is 4.98 Å². The van der Waals surface area contributed by atoms with Crippen LogP contribution in [0.5, 0.6) is 0 Å². The Morgan fingerprint density at radius 3 is 2.58 bits per heavy atom. The number of aryl methyl sites for hydroxylation is 2. The quantitative estimate of drug-likeness (QED) is 0.255. The highest BCUT2D eigenvalue weighted by atomic mass is 32.1. The molecule has 0 atom stereocenters. The number of carbonyl (C=O) groups is 1. The third-order valence-electron chi connectivity index (χ3n) is 6.50. The highest BCUT2D eigenvalue weighted by molar-refractivity contribution is 7.22. The van der Waals surface area contributed by atoms with Crippen molar-refractivity contribution >= 4 is 44.0 Å². The number of amides is 1. The predicted octanol–water partition coefficient (Wildman–Crippen LogP) is 5.50. The lowest BCUT2D eigenvalue weighted by atomic mass is 10.1. The second-order valence-electron chi connectivity index (χ2n) is 8.79. The van der Waals surface area contributed by atoms with E-state index in [1.54, 1.807) is 17.0 Å². The van der Waals surface area contributed by atoms with Crippen LogP contribution in [0.1, 0.15) is 27.0 Å². The van der Waals surface area contributed by atoms with Gasteiger partial charge in [-0.05, 0) is 48.7 Å². The second kappa shape index (κ2) is 10.0. The Morgan fingerprint density at radius 2 is 1.86 bits per heavy atom. The van der Waals surface area contributed by atoms with Crippen LogP contribution >= 0.6 is 11.3 Å². The maximum atomic E-state index is 13.9. The molecule has 1 amide bonds. The summed E-state index contributed by atoms with van der Waals surface area (Å²) >= 11 is 1.44. The number of hydrogen-bond acceptors (Lipinski definition) is 7. The van der Waals surface area contributed by atoms with Gasteiger partial charge in [0.05, 0.1) is 34.9 Å². The topological polar surface area (TPSA) is 88.8 Å². The Bertz CT molecular complexity index is 1430. The van der Waals surface area contributed by atoms with Crippen LogP contribution in [-0.2, 0) is 11.3 Å². The zero-order chi connectivity index (χ0) is 25.2. The number of nitro groups is 1. The van der Waals surface area contributed by atoms with E-state index in [1.807, 2.05) is 55.1 Å². The number of rotatable bonds is 6. The van der Waals surface area contributed by atoms with Gasteiger partial charge in [0, 0.05) is 24.7 Å². The van der Waals surface area contributed by atoms with Crippen molar-refractivity contribution in [3.05, 3.63) is 93.0 Å². The molecule has 8 nitrogen and oxygen atoms in total. The molecule has 1 aromatic heterocycles. The molecule has 0 saturated carbocycles. The fourth-order valence-electron chi connectivity index (χ4n) is 4.35. The van der Waals surface area contributed by atoms with Gasteiger partial charge < -0.3 is 9.64 Å². The van der Waals surface area contributed by atoms with E-state index in [0.717, 1.165) is 26.9 Å². The number of hydrogen-bond donors (Lipinski definition) is 0. The van der Waals surface area contributed by atoms with E-state index < -0.39 is 4.92 Å². The molecule has 9 heteroatoms. The maximum absolute atomic E-state index is 13.9. The summed E-state index contributed by atoms with van der Waals surface area (Å²) in [5.41, 5.74) is 4.69. The highest BCUT2D eigenvalue weighted by Crippen LogP contribution is 2.35. The van der Waals surface area contributed by atoms with Crippen LogP contribution in [0.4, 0.5) is 16.5 Å². The largest absolute Gasteiger partial charge is 0.378 e. The molecule has 2 heterocycles. The summed E-state index contributed by atoms with van der Waals surface area (Å²) in [4.78, 5) is 33.8. The third kappa shape index (κ3) is 4.67. The molecule has 0 radical (unpaired) electrons. The normalized spacial score (nSPS) is 13.7. The maximum Gasteiger partial charge on any atom is 0.293 e. The highest BCUT2D eigenvalue weighted by Gasteiger charge is 2.27. The lowest BCUT2D eigenvalue weighted by Gasteiger charge is -2.28. The molecule has 1 aliphatic heterocycles. The fraction of sp³-hybridized carbons (Fsp3) is 0.259. The Balaban J connectivity index is 1.56. The number of fused-ring (bicyclic) bond motifs is 1. The van der Waals surface area contributed by atoms with Crippen molar-refractivity contribution < 1.29 is 14.5 Å². The number of morpholine rings is 1. The van der Waals surface area contributed by atoms with Gasteiger partial charge in [0.2, 0.25) is 0 Å². The summed E-state index contributed by atoms with van der Waals surface area (Å²) in [7, 11) is 0. The van der Waals surface area contributed by atoms with E-state index in [4.69, 9.17) is 9.72 Å². The summed E-state index contributed by atoms with van der Waals surface area (Å²) in [5.74, 6) is -0.330. The molecule has 1 aliphatic rings. The van der Waals surface area contributed by atoms with Gasteiger partial charge >= 0.3 is 0 Å². The van der Waals surface area contributed by atoms with E-state index in [9.17, 15) is 14.9 Å². The third-order valence-corrected chi connectivity index (χ3v) is 7.55. The lowest BCUT2D eigenvalue weighted by molar-refractivity contribution is -0.384. The zero-order valence-electron chi connectivity index (χ0n) is 20.1. The monoisotopic (exact) mass is 502 g/mol. The first kappa shape index (κ1) is 23.9. The summed E-state index contributed by atoms with van der Waals surface area (Å²) < 4.78 is 6.38.